The molecule has 0 atom stereocenters. The Morgan fingerprint density at radius 2 is 0.580 bits per heavy atom. The third kappa shape index (κ3) is 6.17. The van der Waals surface area contributed by atoms with Gasteiger partial charge in [0.05, 0.1) is 22.2 Å². The number of anilines is 3. The molecule has 0 amide bonds. The number of nitrogens with zero attached hydrogens (tertiary/aromatic N) is 1. The molecule has 13 rings (SSSR count). The number of hydrogen-bond acceptors (Lipinski definition) is 1. The van der Waals surface area contributed by atoms with E-state index in [9.17, 15) is 0 Å². The van der Waals surface area contributed by atoms with E-state index < -0.39 is 10.8 Å². The van der Waals surface area contributed by atoms with Crippen LogP contribution in [0.3, 0.4) is 0 Å². The third-order valence-electron chi connectivity index (χ3n) is 14.9. The van der Waals surface area contributed by atoms with Crippen molar-refractivity contribution in [2.45, 2.75) is 10.8 Å². The number of hydrogen-bond donors (Lipinski definition) is 0. The van der Waals surface area contributed by atoms with Crippen molar-refractivity contribution in [3.05, 3.63) is 330 Å². The second kappa shape index (κ2) is 16.5. The summed E-state index contributed by atoms with van der Waals surface area (Å²) in [5.41, 5.74) is 22.1. The average molecular weight is 878 g/mol. The van der Waals surface area contributed by atoms with Crippen molar-refractivity contribution in [2.75, 3.05) is 4.90 Å². The molecule has 1 heteroatoms. The second-order valence-electron chi connectivity index (χ2n) is 18.3. The first kappa shape index (κ1) is 40.5. The molecule has 0 spiro atoms. The number of rotatable bonds is 9. The van der Waals surface area contributed by atoms with Gasteiger partial charge in [-0.1, -0.05) is 261 Å². The summed E-state index contributed by atoms with van der Waals surface area (Å²) in [4.78, 5) is 2.54. The molecule has 0 saturated carbocycles. The Balaban J connectivity index is 1.08. The standard InChI is InChI=1S/C68H47N/c1-5-22-48(23-6-1)49-40-42-50(43-41-49)56-30-16-20-38-64(56)69(55-46-44-54(45-47-55)67(51-24-7-2-8-25-51)61-35-17-13-31-57(61)58-32-14-18-36-62(58)67)65-39-21-34-60-59-33-15-19-37-63(59)68(66(60)65,52-26-9-3-10-27-52)53-28-11-4-12-29-53/h1-47H. The van der Waals surface area contributed by atoms with Crippen LogP contribution in [0.4, 0.5) is 17.1 Å². The van der Waals surface area contributed by atoms with Crippen molar-refractivity contribution in [2.24, 2.45) is 0 Å². The lowest BCUT2D eigenvalue weighted by atomic mass is 9.67. The van der Waals surface area contributed by atoms with Gasteiger partial charge in [-0.3, -0.25) is 0 Å². The molecule has 11 aromatic carbocycles. The van der Waals surface area contributed by atoms with Crippen LogP contribution < -0.4 is 4.90 Å². The SMILES string of the molecule is c1ccc(-c2ccc(-c3ccccc3N(c3ccc(C4(c5ccccc5)c5ccccc5-c5ccccc54)cc3)c3cccc4c3C(c3ccccc3)(c3ccccc3)c3ccccc3-4)cc2)cc1. The minimum absolute atomic E-state index is 0.512. The number of para-hydroxylation sites is 1. The van der Waals surface area contributed by atoms with Crippen LogP contribution in [-0.2, 0) is 10.8 Å². The van der Waals surface area contributed by atoms with E-state index in [1.165, 1.54) is 77.9 Å². The van der Waals surface area contributed by atoms with E-state index in [4.69, 9.17) is 0 Å². The molecule has 0 bridgehead atoms. The molecule has 0 N–H and O–H groups in total. The Morgan fingerprint density at radius 1 is 0.217 bits per heavy atom. The summed E-state index contributed by atoms with van der Waals surface area (Å²) < 4.78 is 0. The van der Waals surface area contributed by atoms with Crippen molar-refractivity contribution >= 4 is 17.1 Å². The molecule has 1 nitrogen and oxygen atoms in total. The molecule has 69 heavy (non-hydrogen) atoms. The summed E-state index contributed by atoms with van der Waals surface area (Å²) in [6.45, 7) is 0. The predicted octanol–water partition coefficient (Wildman–Crippen LogP) is 17.2. The lowest BCUT2D eigenvalue weighted by Crippen LogP contribution is -2.30. The molecule has 11 aromatic rings. The topological polar surface area (TPSA) is 3.24 Å². The van der Waals surface area contributed by atoms with Gasteiger partial charge in [0, 0.05) is 16.8 Å². The molecule has 0 heterocycles. The van der Waals surface area contributed by atoms with E-state index >= 15 is 0 Å². The molecule has 0 saturated heterocycles. The molecule has 324 valence electrons. The first-order valence-electron chi connectivity index (χ1n) is 24.0. The van der Waals surface area contributed by atoms with Gasteiger partial charge in [-0.05, 0) is 102 Å². The Kier molecular flexibility index (Phi) is 9.70. The number of benzene rings is 11. The highest BCUT2D eigenvalue weighted by Gasteiger charge is 2.49. The highest BCUT2D eigenvalue weighted by atomic mass is 15.1. The van der Waals surface area contributed by atoms with Crippen molar-refractivity contribution in [3.8, 4) is 44.5 Å². The maximum atomic E-state index is 2.54. The Labute approximate surface area is 404 Å². The second-order valence-corrected chi connectivity index (χ2v) is 18.3. The smallest absolute Gasteiger partial charge is 0.0734 e. The Hall–Kier alpha value is -8.78. The molecular formula is C68H47N. The molecule has 0 aliphatic heterocycles. The van der Waals surface area contributed by atoms with Crippen LogP contribution in [0, 0.1) is 0 Å². The van der Waals surface area contributed by atoms with Gasteiger partial charge in [0.25, 0.3) is 0 Å². The summed E-state index contributed by atoms with van der Waals surface area (Å²) >= 11 is 0. The maximum Gasteiger partial charge on any atom is 0.0734 e. The van der Waals surface area contributed by atoms with Crippen molar-refractivity contribution in [3.63, 3.8) is 0 Å². The first-order chi connectivity index (χ1) is 34.3. The molecule has 0 radical (unpaired) electrons. The van der Waals surface area contributed by atoms with Crippen molar-refractivity contribution < 1.29 is 0 Å². The highest BCUT2D eigenvalue weighted by molar-refractivity contribution is 5.97. The fourth-order valence-corrected chi connectivity index (χ4v) is 12.0. The van der Waals surface area contributed by atoms with Gasteiger partial charge >= 0.3 is 0 Å². The zero-order valence-electron chi connectivity index (χ0n) is 38.1. The Morgan fingerprint density at radius 3 is 1.13 bits per heavy atom. The van der Waals surface area contributed by atoms with E-state index in [1.807, 2.05) is 0 Å². The summed E-state index contributed by atoms with van der Waals surface area (Å²) in [6, 6.07) is 106. The first-order valence-corrected chi connectivity index (χ1v) is 24.0. The molecular weight excluding hydrogens is 831 g/mol. The van der Waals surface area contributed by atoms with Gasteiger partial charge in [-0.25, -0.2) is 0 Å². The normalized spacial score (nSPS) is 13.4. The zero-order valence-corrected chi connectivity index (χ0v) is 38.1. The van der Waals surface area contributed by atoms with Crippen LogP contribution in [0.25, 0.3) is 44.5 Å². The summed E-state index contributed by atoms with van der Waals surface area (Å²) in [7, 11) is 0. The van der Waals surface area contributed by atoms with E-state index in [0.29, 0.717) is 0 Å². The van der Waals surface area contributed by atoms with Gasteiger partial charge in [-0.2, -0.15) is 0 Å². The summed E-state index contributed by atoms with van der Waals surface area (Å²) in [6.07, 6.45) is 0. The largest absolute Gasteiger partial charge is 0.310 e. The lowest BCUT2D eigenvalue weighted by molar-refractivity contribution is 0.766. The van der Waals surface area contributed by atoms with Crippen molar-refractivity contribution in [1.29, 1.82) is 0 Å². The van der Waals surface area contributed by atoms with E-state index in [0.717, 1.165) is 28.2 Å². The van der Waals surface area contributed by atoms with Gasteiger partial charge in [-0.15, -0.1) is 0 Å². The third-order valence-corrected chi connectivity index (χ3v) is 14.9. The molecule has 2 aliphatic carbocycles. The molecule has 0 aromatic heterocycles. The fourth-order valence-electron chi connectivity index (χ4n) is 12.0. The van der Waals surface area contributed by atoms with E-state index in [1.54, 1.807) is 0 Å². The van der Waals surface area contributed by atoms with Crippen LogP contribution in [0.5, 0.6) is 0 Å². The van der Waals surface area contributed by atoms with Crippen LogP contribution in [0.2, 0.25) is 0 Å². The minimum atomic E-state index is -0.621. The van der Waals surface area contributed by atoms with Gasteiger partial charge in [0.2, 0.25) is 0 Å². The fraction of sp³-hybridized carbons (Fsp3) is 0.0294. The van der Waals surface area contributed by atoms with Gasteiger partial charge in [0.15, 0.2) is 0 Å². The quantitative estimate of drug-likeness (QED) is 0.140. The molecule has 0 fully saturated rings. The monoisotopic (exact) mass is 877 g/mol. The number of fused-ring (bicyclic) bond motifs is 6. The highest BCUT2D eigenvalue weighted by Crippen LogP contribution is 2.61. The van der Waals surface area contributed by atoms with Crippen LogP contribution in [-0.4, -0.2) is 0 Å². The zero-order chi connectivity index (χ0) is 45.8. The summed E-state index contributed by atoms with van der Waals surface area (Å²) in [5, 5.41) is 0. The van der Waals surface area contributed by atoms with E-state index in [-0.39, 0.29) is 0 Å². The van der Waals surface area contributed by atoms with Crippen LogP contribution >= 0.6 is 0 Å². The van der Waals surface area contributed by atoms with Crippen molar-refractivity contribution in [1.82, 2.24) is 0 Å². The summed E-state index contributed by atoms with van der Waals surface area (Å²) in [5.74, 6) is 0. The maximum absolute atomic E-state index is 2.54. The molecule has 2 aliphatic rings. The average Bonchev–Trinajstić information content (AvgIpc) is 3.92. The van der Waals surface area contributed by atoms with Gasteiger partial charge < -0.3 is 4.90 Å². The Bertz CT molecular complexity index is 3550. The molecule has 0 unspecified atom stereocenters. The van der Waals surface area contributed by atoms with Crippen LogP contribution in [0.15, 0.2) is 285 Å². The predicted molar refractivity (Wildman–Crippen MR) is 287 cm³/mol. The lowest BCUT2D eigenvalue weighted by Gasteiger charge is -2.38. The van der Waals surface area contributed by atoms with E-state index in [2.05, 4.69) is 290 Å². The van der Waals surface area contributed by atoms with Gasteiger partial charge in [0.1, 0.15) is 0 Å². The minimum Gasteiger partial charge on any atom is -0.310 e. The van der Waals surface area contributed by atoms with Crippen LogP contribution in [0.1, 0.15) is 44.5 Å².